The summed E-state index contributed by atoms with van der Waals surface area (Å²) in [5.74, 6) is -0.330. The van der Waals surface area contributed by atoms with Gasteiger partial charge in [-0.05, 0) is 24.6 Å². The van der Waals surface area contributed by atoms with Gasteiger partial charge in [-0.25, -0.2) is 4.79 Å². The lowest BCUT2D eigenvalue weighted by molar-refractivity contribution is -0.137. The van der Waals surface area contributed by atoms with Gasteiger partial charge in [0.1, 0.15) is 0 Å². The van der Waals surface area contributed by atoms with E-state index in [1.165, 1.54) is 6.08 Å². The molecule has 0 radical (unpaired) electrons. The largest absolute Gasteiger partial charge is 0.463 e. The van der Waals surface area contributed by atoms with E-state index in [4.69, 9.17) is 4.74 Å². The maximum atomic E-state index is 11.0. The third-order valence-electron chi connectivity index (χ3n) is 1.62. The SMILES string of the molecule is CCOC(=O)/C=C\c1ccccc1S. The molecule has 0 saturated carbocycles. The number of esters is 1. The Balaban J connectivity index is 2.69. The number of ether oxygens (including phenoxy) is 1. The molecule has 0 amide bonds. The highest BCUT2D eigenvalue weighted by molar-refractivity contribution is 7.80. The number of hydrogen-bond donors (Lipinski definition) is 1. The third kappa shape index (κ3) is 3.26. The lowest BCUT2D eigenvalue weighted by Crippen LogP contribution is -1.98. The first kappa shape index (κ1) is 10.9. The van der Waals surface area contributed by atoms with Crippen LogP contribution in [0.25, 0.3) is 6.08 Å². The molecule has 0 aliphatic rings. The molecular formula is C11H12O2S. The molecule has 0 unspecified atom stereocenters. The summed E-state index contributed by atoms with van der Waals surface area (Å²) in [7, 11) is 0. The quantitative estimate of drug-likeness (QED) is 0.469. The molecule has 1 aromatic rings. The first-order valence-corrected chi connectivity index (χ1v) is 4.81. The van der Waals surface area contributed by atoms with Crippen LogP contribution in [0.3, 0.4) is 0 Å². The Bertz CT molecular complexity index is 345. The van der Waals surface area contributed by atoms with Crippen molar-refractivity contribution in [2.24, 2.45) is 0 Å². The van der Waals surface area contributed by atoms with E-state index in [9.17, 15) is 4.79 Å². The Morgan fingerprint density at radius 2 is 2.21 bits per heavy atom. The standard InChI is InChI=1S/C11H12O2S/c1-2-13-11(12)8-7-9-5-3-4-6-10(9)14/h3-8,14H,2H2,1H3/b8-7-. The molecule has 0 aliphatic heterocycles. The van der Waals surface area contributed by atoms with Gasteiger partial charge < -0.3 is 4.74 Å². The lowest BCUT2D eigenvalue weighted by atomic mass is 10.2. The Morgan fingerprint density at radius 1 is 1.50 bits per heavy atom. The van der Waals surface area contributed by atoms with Gasteiger partial charge in [-0.2, -0.15) is 0 Å². The Hall–Kier alpha value is -1.22. The van der Waals surface area contributed by atoms with Crippen molar-refractivity contribution < 1.29 is 9.53 Å². The molecule has 0 atom stereocenters. The van der Waals surface area contributed by atoms with E-state index in [0.717, 1.165) is 10.5 Å². The van der Waals surface area contributed by atoms with Crippen LogP contribution < -0.4 is 0 Å². The molecule has 0 spiro atoms. The average molecular weight is 208 g/mol. The minimum atomic E-state index is -0.330. The molecule has 1 rings (SSSR count). The van der Waals surface area contributed by atoms with Crippen molar-refractivity contribution >= 4 is 24.7 Å². The normalized spacial score (nSPS) is 10.4. The Morgan fingerprint density at radius 3 is 2.86 bits per heavy atom. The molecule has 0 fully saturated rings. The van der Waals surface area contributed by atoms with Crippen LogP contribution in [0.2, 0.25) is 0 Å². The number of thiol groups is 1. The van der Waals surface area contributed by atoms with Crippen LogP contribution in [0.4, 0.5) is 0 Å². The van der Waals surface area contributed by atoms with Gasteiger partial charge in [-0.1, -0.05) is 18.2 Å². The Kier molecular flexibility index (Phi) is 4.26. The second kappa shape index (κ2) is 5.50. The number of carbonyl (C=O) groups is 1. The fourth-order valence-corrected chi connectivity index (χ4v) is 1.21. The van der Waals surface area contributed by atoms with Crippen molar-refractivity contribution in [3.05, 3.63) is 35.9 Å². The minimum absolute atomic E-state index is 0.330. The summed E-state index contributed by atoms with van der Waals surface area (Å²) >= 11 is 4.25. The van der Waals surface area contributed by atoms with E-state index in [1.54, 1.807) is 13.0 Å². The number of benzene rings is 1. The molecule has 0 aliphatic carbocycles. The van der Waals surface area contributed by atoms with Crippen molar-refractivity contribution in [2.45, 2.75) is 11.8 Å². The third-order valence-corrected chi connectivity index (χ3v) is 2.03. The first-order valence-electron chi connectivity index (χ1n) is 4.37. The zero-order valence-corrected chi connectivity index (χ0v) is 8.83. The van der Waals surface area contributed by atoms with Gasteiger partial charge in [-0.15, -0.1) is 12.6 Å². The van der Waals surface area contributed by atoms with Crippen LogP contribution in [0.5, 0.6) is 0 Å². The average Bonchev–Trinajstić information content (AvgIpc) is 2.17. The van der Waals surface area contributed by atoms with Crippen LogP contribution >= 0.6 is 12.6 Å². The summed E-state index contributed by atoms with van der Waals surface area (Å²) in [5.41, 5.74) is 0.906. The summed E-state index contributed by atoms with van der Waals surface area (Å²) < 4.78 is 4.75. The molecule has 0 saturated heterocycles. The van der Waals surface area contributed by atoms with Gasteiger partial charge in [0.05, 0.1) is 6.61 Å². The zero-order chi connectivity index (χ0) is 10.4. The number of rotatable bonds is 3. The van der Waals surface area contributed by atoms with E-state index in [0.29, 0.717) is 6.61 Å². The summed E-state index contributed by atoms with van der Waals surface area (Å²) in [6, 6.07) is 7.54. The molecule has 3 heteroatoms. The predicted molar refractivity (Wildman–Crippen MR) is 59.4 cm³/mol. The van der Waals surface area contributed by atoms with Crippen molar-refractivity contribution in [1.82, 2.24) is 0 Å². The number of hydrogen-bond acceptors (Lipinski definition) is 3. The molecule has 0 aromatic heterocycles. The molecule has 0 bridgehead atoms. The van der Waals surface area contributed by atoms with E-state index < -0.39 is 0 Å². The minimum Gasteiger partial charge on any atom is -0.463 e. The maximum Gasteiger partial charge on any atom is 0.330 e. The second-order valence-electron chi connectivity index (χ2n) is 2.64. The van der Waals surface area contributed by atoms with Crippen LogP contribution in [0.15, 0.2) is 35.2 Å². The van der Waals surface area contributed by atoms with Crippen molar-refractivity contribution in [2.75, 3.05) is 6.61 Å². The fraction of sp³-hybridized carbons (Fsp3) is 0.182. The monoisotopic (exact) mass is 208 g/mol. The Labute approximate surface area is 89.0 Å². The molecule has 74 valence electrons. The van der Waals surface area contributed by atoms with Crippen LogP contribution in [-0.4, -0.2) is 12.6 Å². The first-order chi connectivity index (χ1) is 6.74. The van der Waals surface area contributed by atoms with Crippen LogP contribution in [0.1, 0.15) is 12.5 Å². The van der Waals surface area contributed by atoms with Gasteiger partial charge in [0.15, 0.2) is 0 Å². The summed E-state index contributed by atoms with van der Waals surface area (Å²) in [6.07, 6.45) is 3.10. The van der Waals surface area contributed by atoms with Gasteiger partial charge in [0.2, 0.25) is 0 Å². The van der Waals surface area contributed by atoms with Crippen molar-refractivity contribution in [3.63, 3.8) is 0 Å². The lowest BCUT2D eigenvalue weighted by Gasteiger charge is -1.98. The highest BCUT2D eigenvalue weighted by Crippen LogP contribution is 2.14. The van der Waals surface area contributed by atoms with Crippen LogP contribution in [-0.2, 0) is 9.53 Å². The fourth-order valence-electron chi connectivity index (χ4n) is 0.977. The molecule has 14 heavy (non-hydrogen) atoms. The molecule has 0 N–H and O–H groups in total. The molecule has 1 aromatic carbocycles. The van der Waals surface area contributed by atoms with E-state index >= 15 is 0 Å². The van der Waals surface area contributed by atoms with E-state index in [2.05, 4.69) is 12.6 Å². The van der Waals surface area contributed by atoms with Crippen molar-refractivity contribution in [3.8, 4) is 0 Å². The van der Waals surface area contributed by atoms with Gasteiger partial charge in [0, 0.05) is 11.0 Å². The van der Waals surface area contributed by atoms with E-state index in [-0.39, 0.29) is 5.97 Å². The molecule has 2 nitrogen and oxygen atoms in total. The zero-order valence-electron chi connectivity index (χ0n) is 7.93. The van der Waals surface area contributed by atoms with Gasteiger partial charge >= 0.3 is 5.97 Å². The summed E-state index contributed by atoms with van der Waals surface area (Å²) in [4.78, 5) is 11.8. The van der Waals surface area contributed by atoms with E-state index in [1.807, 2.05) is 24.3 Å². The predicted octanol–water partition coefficient (Wildman–Crippen LogP) is 2.55. The highest BCUT2D eigenvalue weighted by Gasteiger charge is 1.95. The maximum absolute atomic E-state index is 11.0. The van der Waals surface area contributed by atoms with Gasteiger partial charge in [-0.3, -0.25) is 0 Å². The topological polar surface area (TPSA) is 26.3 Å². The summed E-state index contributed by atoms with van der Waals surface area (Å²) in [6.45, 7) is 2.17. The van der Waals surface area contributed by atoms with Gasteiger partial charge in [0.25, 0.3) is 0 Å². The van der Waals surface area contributed by atoms with Crippen LogP contribution in [0, 0.1) is 0 Å². The second-order valence-corrected chi connectivity index (χ2v) is 3.13. The molecular weight excluding hydrogens is 196 g/mol. The number of carbonyl (C=O) groups excluding carboxylic acids is 1. The highest BCUT2D eigenvalue weighted by atomic mass is 32.1. The summed E-state index contributed by atoms with van der Waals surface area (Å²) in [5, 5.41) is 0. The molecule has 0 heterocycles. The van der Waals surface area contributed by atoms with Crippen molar-refractivity contribution in [1.29, 1.82) is 0 Å². The smallest absolute Gasteiger partial charge is 0.330 e.